The van der Waals surface area contributed by atoms with E-state index in [1.807, 2.05) is 24.3 Å². The maximum absolute atomic E-state index is 12.7. The Kier molecular flexibility index (Phi) is 6.35. The van der Waals surface area contributed by atoms with Gasteiger partial charge in [-0.3, -0.25) is 9.69 Å². The number of aryl methyl sites for hydroxylation is 1. The van der Waals surface area contributed by atoms with Gasteiger partial charge < -0.3 is 14.7 Å². The first-order chi connectivity index (χ1) is 16.6. The van der Waals surface area contributed by atoms with Gasteiger partial charge in [-0.15, -0.1) is 0 Å². The predicted octanol–water partition coefficient (Wildman–Crippen LogP) is 4.62. The van der Waals surface area contributed by atoms with E-state index in [2.05, 4.69) is 67.7 Å². The van der Waals surface area contributed by atoms with Crippen LogP contribution in [0.3, 0.4) is 0 Å². The molecule has 1 saturated heterocycles. The van der Waals surface area contributed by atoms with Crippen molar-refractivity contribution in [1.82, 2.24) is 15.0 Å². The maximum atomic E-state index is 12.7. The Labute approximate surface area is 199 Å². The van der Waals surface area contributed by atoms with Crippen molar-refractivity contribution >= 4 is 17.3 Å². The first kappa shape index (κ1) is 21.9. The number of amides is 1. The van der Waals surface area contributed by atoms with E-state index < -0.39 is 0 Å². The van der Waals surface area contributed by atoms with Gasteiger partial charge in [0.05, 0.1) is 0 Å². The minimum absolute atomic E-state index is 0.157. The van der Waals surface area contributed by atoms with Crippen LogP contribution in [0.25, 0.3) is 11.5 Å². The molecule has 7 nitrogen and oxygen atoms in total. The molecule has 0 unspecified atom stereocenters. The molecular formula is C27H27N5O2. The lowest BCUT2D eigenvalue weighted by Crippen LogP contribution is -2.45. The first-order valence-corrected chi connectivity index (χ1v) is 11.5. The largest absolute Gasteiger partial charge is 0.369 e. The summed E-state index contributed by atoms with van der Waals surface area (Å²) in [6.45, 7) is 6.81. The van der Waals surface area contributed by atoms with Crippen LogP contribution in [0.1, 0.15) is 21.7 Å². The molecule has 0 atom stereocenters. The van der Waals surface area contributed by atoms with Crippen molar-refractivity contribution < 1.29 is 9.32 Å². The molecule has 1 aliphatic rings. The second-order valence-electron chi connectivity index (χ2n) is 8.47. The number of nitrogens with zero attached hydrogens (tertiary/aromatic N) is 4. The molecule has 1 aliphatic heterocycles. The molecule has 0 aliphatic carbocycles. The Balaban J connectivity index is 1.14. The summed E-state index contributed by atoms with van der Waals surface area (Å²) in [5, 5.41) is 6.77. The van der Waals surface area contributed by atoms with Gasteiger partial charge in [-0.1, -0.05) is 35.5 Å². The highest BCUT2D eigenvalue weighted by Crippen LogP contribution is 2.22. The fraction of sp³-hybridized carbons (Fsp3) is 0.222. The van der Waals surface area contributed by atoms with Crippen molar-refractivity contribution in [2.45, 2.75) is 13.5 Å². The minimum atomic E-state index is -0.157. The van der Waals surface area contributed by atoms with Crippen LogP contribution >= 0.6 is 0 Å². The quantitative estimate of drug-likeness (QED) is 0.459. The molecule has 4 aromatic rings. The molecule has 1 N–H and O–H groups in total. The van der Waals surface area contributed by atoms with Gasteiger partial charge in [-0.25, -0.2) is 0 Å². The average molecular weight is 454 g/mol. The average Bonchev–Trinajstić information content (AvgIpc) is 3.32. The second-order valence-corrected chi connectivity index (χ2v) is 8.47. The molecule has 0 bridgehead atoms. The lowest BCUT2D eigenvalue weighted by Gasteiger charge is -2.36. The second kappa shape index (κ2) is 9.89. The number of hydrogen-bond donors (Lipinski definition) is 1. The summed E-state index contributed by atoms with van der Waals surface area (Å²) >= 11 is 0. The van der Waals surface area contributed by atoms with Gasteiger partial charge in [0.2, 0.25) is 0 Å². The van der Waals surface area contributed by atoms with E-state index in [0.29, 0.717) is 17.3 Å². The van der Waals surface area contributed by atoms with Crippen molar-refractivity contribution in [3.05, 3.63) is 95.8 Å². The van der Waals surface area contributed by atoms with E-state index in [1.165, 1.54) is 11.3 Å². The SMILES string of the molecule is Cc1noc(-c2ccc(C(=O)Nc3ccc(N4CCN(Cc5ccccc5)CC4)cc3)cc2)n1. The van der Waals surface area contributed by atoms with Gasteiger partial charge in [0.25, 0.3) is 11.8 Å². The van der Waals surface area contributed by atoms with Crippen molar-refractivity contribution in [2.24, 2.45) is 0 Å². The third kappa shape index (κ3) is 5.15. The third-order valence-electron chi connectivity index (χ3n) is 6.03. The molecule has 1 amide bonds. The van der Waals surface area contributed by atoms with Crippen LogP contribution in [-0.4, -0.2) is 47.1 Å². The number of anilines is 2. The standard InChI is InChI=1S/C27H27N5O2/c1-20-28-27(34-30-20)23-9-7-22(8-10-23)26(33)29-24-11-13-25(14-12-24)32-17-15-31(16-18-32)19-21-5-3-2-4-6-21/h2-14H,15-19H2,1H3,(H,29,33). The smallest absolute Gasteiger partial charge is 0.257 e. The van der Waals surface area contributed by atoms with Crippen LogP contribution in [-0.2, 0) is 6.54 Å². The number of aromatic nitrogens is 2. The molecule has 0 radical (unpaired) electrons. The molecule has 1 aromatic heterocycles. The molecule has 1 fully saturated rings. The zero-order valence-electron chi connectivity index (χ0n) is 19.1. The lowest BCUT2D eigenvalue weighted by atomic mass is 10.1. The molecule has 5 rings (SSSR count). The molecule has 7 heteroatoms. The van der Waals surface area contributed by atoms with Crippen molar-refractivity contribution in [1.29, 1.82) is 0 Å². The van der Waals surface area contributed by atoms with Crippen molar-refractivity contribution in [3.63, 3.8) is 0 Å². The van der Waals surface area contributed by atoms with E-state index in [1.54, 1.807) is 19.1 Å². The Bertz CT molecular complexity index is 1230. The van der Waals surface area contributed by atoms with Gasteiger partial charge in [0.1, 0.15) is 0 Å². The first-order valence-electron chi connectivity index (χ1n) is 11.5. The molecule has 0 spiro atoms. The predicted molar refractivity (Wildman–Crippen MR) is 133 cm³/mol. The van der Waals surface area contributed by atoms with Crippen LogP contribution in [0.2, 0.25) is 0 Å². The summed E-state index contributed by atoms with van der Waals surface area (Å²) in [7, 11) is 0. The Morgan fingerprint density at radius 1 is 0.912 bits per heavy atom. The Hall–Kier alpha value is -3.97. The Morgan fingerprint density at radius 2 is 1.62 bits per heavy atom. The number of rotatable bonds is 6. The number of nitrogens with one attached hydrogen (secondary N) is 1. The fourth-order valence-corrected chi connectivity index (χ4v) is 4.14. The van der Waals surface area contributed by atoms with Crippen LogP contribution < -0.4 is 10.2 Å². The summed E-state index contributed by atoms with van der Waals surface area (Å²) in [6, 6.07) is 25.8. The third-order valence-corrected chi connectivity index (χ3v) is 6.03. The fourth-order valence-electron chi connectivity index (χ4n) is 4.14. The molecule has 172 valence electrons. The summed E-state index contributed by atoms with van der Waals surface area (Å²) < 4.78 is 5.17. The minimum Gasteiger partial charge on any atom is -0.369 e. The number of piperazine rings is 1. The topological polar surface area (TPSA) is 74.5 Å². The monoisotopic (exact) mass is 453 g/mol. The van der Waals surface area contributed by atoms with E-state index in [-0.39, 0.29) is 5.91 Å². The van der Waals surface area contributed by atoms with E-state index in [0.717, 1.165) is 44.0 Å². The van der Waals surface area contributed by atoms with Gasteiger partial charge in [0.15, 0.2) is 5.82 Å². The lowest BCUT2D eigenvalue weighted by molar-refractivity contribution is 0.102. The molecule has 2 heterocycles. The van der Waals surface area contributed by atoms with Gasteiger partial charge in [0, 0.05) is 55.2 Å². The van der Waals surface area contributed by atoms with Crippen LogP contribution in [0.5, 0.6) is 0 Å². The summed E-state index contributed by atoms with van der Waals surface area (Å²) in [5.41, 5.74) is 4.66. The normalized spacial score (nSPS) is 14.2. The molecule has 34 heavy (non-hydrogen) atoms. The van der Waals surface area contributed by atoms with Gasteiger partial charge in [-0.2, -0.15) is 4.98 Å². The van der Waals surface area contributed by atoms with Gasteiger partial charge in [-0.05, 0) is 61.0 Å². The highest BCUT2D eigenvalue weighted by atomic mass is 16.5. The molecule has 3 aromatic carbocycles. The van der Waals surface area contributed by atoms with E-state index in [4.69, 9.17) is 4.52 Å². The number of benzene rings is 3. The number of hydrogen-bond acceptors (Lipinski definition) is 6. The van der Waals surface area contributed by atoms with Crippen molar-refractivity contribution in [2.75, 3.05) is 36.4 Å². The van der Waals surface area contributed by atoms with Crippen LogP contribution in [0.4, 0.5) is 11.4 Å². The highest BCUT2D eigenvalue weighted by Gasteiger charge is 2.17. The van der Waals surface area contributed by atoms with Gasteiger partial charge >= 0.3 is 0 Å². The summed E-state index contributed by atoms with van der Waals surface area (Å²) in [5.74, 6) is 0.866. The van der Waals surface area contributed by atoms with E-state index >= 15 is 0 Å². The van der Waals surface area contributed by atoms with Crippen LogP contribution in [0, 0.1) is 6.92 Å². The zero-order valence-corrected chi connectivity index (χ0v) is 19.1. The zero-order chi connectivity index (χ0) is 23.3. The number of carbonyl (C=O) groups is 1. The van der Waals surface area contributed by atoms with Crippen LogP contribution in [0.15, 0.2) is 83.4 Å². The molecule has 0 saturated carbocycles. The number of carbonyl (C=O) groups excluding carboxylic acids is 1. The van der Waals surface area contributed by atoms with Crippen molar-refractivity contribution in [3.8, 4) is 11.5 Å². The summed E-state index contributed by atoms with van der Waals surface area (Å²) in [4.78, 5) is 21.8. The maximum Gasteiger partial charge on any atom is 0.257 e. The molecular weight excluding hydrogens is 426 g/mol. The summed E-state index contributed by atoms with van der Waals surface area (Å²) in [6.07, 6.45) is 0. The highest BCUT2D eigenvalue weighted by molar-refractivity contribution is 6.04. The Morgan fingerprint density at radius 3 is 2.26 bits per heavy atom. The van der Waals surface area contributed by atoms with E-state index in [9.17, 15) is 4.79 Å².